The Bertz CT molecular complexity index is 1100. The molecule has 0 aliphatic carbocycles. The first-order chi connectivity index (χ1) is 17.4. The SMILES string of the molecule is C.CCc1nc(C(=O)Nc2n[nH]c3c2CN(C(=O)N2C[C@@H](C)N(CC4CCOCC4)C[C@@H]2C)C3C)cs1. The standard InChI is InChI=1S/C25H37N7O3S.CH4/c1-5-21-26-20(14-36-21)24(33)27-23-19-13-32(17(4)22(19)28-29-23)25(34)31-11-15(2)30(10-16(31)3)12-18-6-8-35-9-7-18;/h14-18H,5-13H2,1-4H3,(H2,27,28,29,33);1H4/t15-,16+,17?;/m1./s1. The molecule has 0 aromatic carbocycles. The molecule has 2 N–H and O–H groups in total. The smallest absolute Gasteiger partial charge is 0.321 e. The number of urea groups is 1. The molecule has 2 aromatic heterocycles. The number of thiazole rings is 1. The van der Waals surface area contributed by atoms with Crippen LogP contribution in [0.1, 0.15) is 80.8 Å². The van der Waals surface area contributed by atoms with Gasteiger partial charge in [-0.3, -0.25) is 14.8 Å². The first kappa shape index (κ1) is 27.5. The Balaban J connectivity index is 0.00000320. The van der Waals surface area contributed by atoms with Gasteiger partial charge in [0.1, 0.15) is 5.69 Å². The third kappa shape index (κ3) is 5.53. The minimum atomic E-state index is -0.277. The molecule has 11 heteroatoms. The number of aromatic nitrogens is 3. The van der Waals surface area contributed by atoms with Crippen LogP contribution >= 0.6 is 11.3 Å². The van der Waals surface area contributed by atoms with E-state index in [-0.39, 0.29) is 31.4 Å². The van der Waals surface area contributed by atoms with Crippen molar-refractivity contribution in [1.29, 1.82) is 0 Å². The maximum Gasteiger partial charge on any atom is 0.321 e. The molecule has 0 saturated carbocycles. The van der Waals surface area contributed by atoms with Gasteiger partial charge in [-0.2, -0.15) is 5.10 Å². The number of amides is 3. The Kier molecular flexibility index (Phi) is 8.55. The number of hydrogen-bond acceptors (Lipinski definition) is 7. The van der Waals surface area contributed by atoms with Gasteiger partial charge in [0.05, 0.1) is 23.3 Å². The molecule has 0 radical (unpaired) electrons. The van der Waals surface area contributed by atoms with Gasteiger partial charge in [0.15, 0.2) is 5.82 Å². The molecule has 5 heterocycles. The molecule has 3 aliphatic heterocycles. The van der Waals surface area contributed by atoms with Gasteiger partial charge in [-0.25, -0.2) is 9.78 Å². The minimum Gasteiger partial charge on any atom is -0.381 e. The van der Waals surface area contributed by atoms with Gasteiger partial charge in [-0.05, 0) is 46.0 Å². The molecule has 37 heavy (non-hydrogen) atoms. The highest BCUT2D eigenvalue weighted by atomic mass is 32.1. The lowest BCUT2D eigenvalue weighted by molar-refractivity contribution is 0.0127. The predicted octanol–water partition coefficient (Wildman–Crippen LogP) is 4.13. The lowest BCUT2D eigenvalue weighted by Crippen LogP contribution is -2.60. The lowest BCUT2D eigenvalue weighted by Gasteiger charge is -2.46. The summed E-state index contributed by atoms with van der Waals surface area (Å²) < 4.78 is 5.52. The second kappa shape index (κ2) is 11.5. The van der Waals surface area contributed by atoms with Gasteiger partial charge in [0.25, 0.3) is 5.91 Å². The van der Waals surface area contributed by atoms with Crippen molar-refractivity contribution >= 4 is 29.1 Å². The Morgan fingerprint density at radius 2 is 1.92 bits per heavy atom. The van der Waals surface area contributed by atoms with Crippen LogP contribution in [0.3, 0.4) is 0 Å². The van der Waals surface area contributed by atoms with Crippen LogP contribution in [0, 0.1) is 5.92 Å². The summed E-state index contributed by atoms with van der Waals surface area (Å²) in [6.45, 7) is 13.2. The van der Waals surface area contributed by atoms with E-state index in [1.165, 1.54) is 11.3 Å². The largest absolute Gasteiger partial charge is 0.381 e. The number of hydrogen-bond donors (Lipinski definition) is 2. The third-order valence-corrected chi connectivity index (χ3v) is 8.86. The summed E-state index contributed by atoms with van der Waals surface area (Å²) in [5.74, 6) is 0.880. The Hall–Kier alpha value is -2.50. The number of carbonyl (C=O) groups is 2. The third-order valence-electron chi connectivity index (χ3n) is 7.87. The average molecular weight is 532 g/mol. The van der Waals surface area contributed by atoms with Crippen molar-refractivity contribution in [3.63, 3.8) is 0 Å². The summed E-state index contributed by atoms with van der Waals surface area (Å²) in [7, 11) is 0. The van der Waals surface area contributed by atoms with E-state index in [1.807, 2.05) is 23.6 Å². The van der Waals surface area contributed by atoms with Gasteiger partial charge in [-0.15, -0.1) is 11.3 Å². The molecular weight excluding hydrogens is 490 g/mol. The molecule has 10 nitrogen and oxygen atoms in total. The van der Waals surface area contributed by atoms with Gasteiger partial charge in [0, 0.05) is 55.9 Å². The van der Waals surface area contributed by atoms with E-state index in [4.69, 9.17) is 4.74 Å². The fraction of sp³-hybridized carbons (Fsp3) is 0.692. The number of nitrogens with zero attached hydrogens (tertiary/aromatic N) is 5. The molecule has 2 saturated heterocycles. The van der Waals surface area contributed by atoms with Crippen LogP contribution < -0.4 is 5.32 Å². The van der Waals surface area contributed by atoms with Crippen LogP contribution in [-0.2, 0) is 17.7 Å². The van der Waals surface area contributed by atoms with Gasteiger partial charge >= 0.3 is 6.03 Å². The van der Waals surface area contributed by atoms with Gasteiger partial charge < -0.3 is 19.9 Å². The molecule has 204 valence electrons. The van der Waals surface area contributed by atoms with Crippen LogP contribution in [0.15, 0.2) is 5.38 Å². The molecule has 3 atom stereocenters. The summed E-state index contributed by atoms with van der Waals surface area (Å²) >= 11 is 1.48. The van der Waals surface area contributed by atoms with Crippen LogP contribution in [0.5, 0.6) is 0 Å². The highest BCUT2D eigenvalue weighted by Crippen LogP contribution is 2.37. The number of piperazine rings is 1. The van der Waals surface area contributed by atoms with E-state index in [0.29, 0.717) is 36.6 Å². The molecule has 0 bridgehead atoms. The number of anilines is 1. The first-order valence-corrected chi connectivity index (χ1v) is 14.0. The van der Waals surface area contributed by atoms with Crippen LogP contribution in [-0.4, -0.2) is 86.8 Å². The quantitative estimate of drug-likeness (QED) is 0.601. The number of ether oxygens (including phenoxy) is 1. The van der Waals surface area contributed by atoms with E-state index in [0.717, 1.165) is 61.8 Å². The Morgan fingerprint density at radius 3 is 2.62 bits per heavy atom. The van der Waals surface area contributed by atoms with E-state index in [9.17, 15) is 9.59 Å². The monoisotopic (exact) mass is 531 g/mol. The van der Waals surface area contributed by atoms with Crippen molar-refractivity contribution in [3.05, 3.63) is 27.3 Å². The number of aromatic amines is 1. The van der Waals surface area contributed by atoms with Crippen LogP contribution in [0.4, 0.5) is 10.6 Å². The highest BCUT2D eigenvalue weighted by molar-refractivity contribution is 7.09. The van der Waals surface area contributed by atoms with Gasteiger partial charge in [-0.1, -0.05) is 14.4 Å². The van der Waals surface area contributed by atoms with Crippen LogP contribution in [0.2, 0.25) is 0 Å². The van der Waals surface area contributed by atoms with Crippen molar-refractivity contribution in [2.45, 2.75) is 79.1 Å². The van der Waals surface area contributed by atoms with Gasteiger partial charge in [0.2, 0.25) is 0 Å². The van der Waals surface area contributed by atoms with E-state index in [1.54, 1.807) is 5.38 Å². The van der Waals surface area contributed by atoms with Crippen molar-refractivity contribution in [3.8, 4) is 0 Å². The van der Waals surface area contributed by atoms with E-state index in [2.05, 4.69) is 39.2 Å². The minimum absolute atomic E-state index is 0. The lowest BCUT2D eigenvalue weighted by atomic mass is 9.97. The summed E-state index contributed by atoms with van der Waals surface area (Å²) in [4.78, 5) is 37.2. The number of nitrogens with one attached hydrogen (secondary N) is 2. The van der Waals surface area contributed by atoms with E-state index >= 15 is 0 Å². The number of carbonyl (C=O) groups excluding carboxylic acids is 2. The Morgan fingerprint density at radius 1 is 1.16 bits per heavy atom. The van der Waals surface area contributed by atoms with Crippen molar-refractivity contribution < 1.29 is 14.3 Å². The zero-order chi connectivity index (χ0) is 25.4. The summed E-state index contributed by atoms with van der Waals surface area (Å²) in [6.07, 6.45) is 3.04. The average Bonchev–Trinajstić information content (AvgIpc) is 3.59. The van der Waals surface area contributed by atoms with E-state index < -0.39 is 0 Å². The molecule has 5 rings (SSSR count). The summed E-state index contributed by atoms with van der Waals surface area (Å²) in [6, 6.07) is 0.349. The second-order valence-electron chi connectivity index (χ2n) is 10.3. The molecule has 1 unspecified atom stereocenters. The van der Waals surface area contributed by atoms with Crippen molar-refractivity contribution in [1.82, 2.24) is 29.9 Å². The molecule has 0 spiro atoms. The normalized spacial score (nSPS) is 24.6. The van der Waals surface area contributed by atoms with Crippen LogP contribution in [0.25, 0.3) is 0 Å². The molecule has 2 aromatic rings. The predicted molar refractivity (Wildman–Crippen MR) is 145 cm³/mol. The topological polar surface area (TPSA) is 107 Å². The number of rotatable bonds is 5. The summed E-state index contributed by atoms with van der Waals surface area (Å²) in [5, 5.41) is 13.0. The molecule has 3 amide bonds. The fourth-order valence-electron chi connectivity index (χ4n) is 5.58. The maximum atomic E-state index is 13.7. The fourth-order valence-corrected chi connectivity index (χ4v) is 6.30. The number of H-pyrrole nitrogens is 1. The maximum absolute atomic E-state index is 13.7. The number of fused-ring (bicyclic) bond motifs is 1. The summed E-state index contributed by atoms with van der Waals surface area (Å²) in [5.41, 5.74) is 2.15. The highest BCUT2D eigenvalue weighted by Gasteiger charge is 2.41. The second-order valence-corrected chi connectivity index (χ2v) is 11.3. The zero-order valence-electron chi connectivity index (χ0n) is 21.6. The first-order valence-electron chi connectivity index (χ1n) is 13.1. The van der Waals surface area contributed by atoms with Crippen molar-refractivity contribution in [2.24, 2.45) is 5.92 Å². The molecule has 3 aliphatic rings. The zero-order valence-corrected chi connectivity index (χ0v) is 22.4. The van der Waals surface area contributed by atoms with Crippen molar-refractivity contribution in [2.75, 3.05) is 38.2 Å². The molecular formula is C26H41N7O3S. The Labute approximate surface area is 223 Å². The molecule has 2 fully saturated rings. The number of aryl methyl sites for hydroxylation is 1.